The summed E-state index contributed by atoms with van der Waals surface area (Å²) < 4.78 is 20.0. The molecule has 0 saturated carbocycles. The summed E-state index contributed by atoms with van der Waals surface area (Å²) in [6.45, 7) is 4.87. The van der Waals surface area contributed by atoms with E-state index in [1.165, 1.54) is 12.1 Å². The Bertz CT molecular complexity index is 799. The molecule has 0 aliphatic rings. The van der Waals surface area contributed by atoms with Gasteiger partial charge in [0.2, 0.25) is 0 Å². The molecule has 138 valence electrons. The fourth-order valence-electron chi connectivity index (χ4n) is 2.06. The Morgan fingerprint density at radius 1 is 1.27 bits per heavy atom. The highest BCUT2D eigenvalue weighted by molar-refractivity contribution is 9.10. The van der Waals surface area contributed by atoms with Crippen LogP contribution in [0.4, 0.5) is 10.1 Å². The monoisotopic (exact) mass is 438 g/mol. The topological polar surface area (TPSA) is 50.4 Å². The van der Waals surface area contributed by atoms with E-state index in [2.05, 4.69) is 40.4 Å². The first kappa shape index (κ1) is 20.3. The molecule has 0 aliphatic carbocycles. The van der Waals surface area contributed by atoms with Crippen molar-refractivity contribution in [1.29, 1.82) is 0 Å². The lowest BCUT2D eigenvalue weighted by Crippen LogP contribution is -2.34. The fourth-order valence-corrected chi connectivity index (χ4v) is 2.75. The molecule has 0 aliphatic heterocycles. The van der Waals surface area contributed by atoms with Crippen LogP contribution in [0.25, 0.3) is 0 Å². The molecule has 0 saturated heterocycles. The maximum Gasteiger partial charge on any atom is 0.257 e. The van der Waals surface area contributed by atoms with Crippen molar-refractivity contribution in [1.82, 2.24) is 5.32 Å². The average Bonchev–Trinajstić information content (AvgIpc) is 2.58. The first-order chi connectivity index (χ1) is 12.4. The third kappa shape index (κ3) is 6.07. The van der Waals surface area contributed by atoms with Crippen LogP contribution in [0.3, 0.4) is 0 Å². The summed E-state index contributed by atoms with van der Waals surface area (Å²) in [4.78, 5) is 12.3. The molecule has 0 fully saturated rings. The van der Waals surface area contributed by atoms with Gasteiger partial charge in [0.05, 0.1) is 16.8 Å². The van der Waals surface area contributed by atoms with E-state index < -0.39 is 11.7 Å². The van der Waals surface area contributed by atoms with Gasteiger partial charge in [-0.2, -0.15) is 0 Å². The second-order valence-electron chi connectivity index (χ2n) is 6.06. The summed E-state index contributed by atoms with van der Waals surface area (Å²) in [6, 6.07) is 11.1. The van der Waals surface area contributed by atoms with Crippen molar-refractivity contribution in [3.05, 3.63) is 58.3 Å². The molecular formula is C19H20BrFN2O2S. The Balaban J connectivity index is 1.95. The van der Waals surface area contributed by atoms with Crippen molar-refractivity contribution in [2.75, 3.05) is 11.9 Å². The molecule has 0 heterocycles. The number of carbonyl (C=O) groups is 1. The lowest BCUT2D eigenvalue weighted by Gasteiger charge is -2.12. The zero-order valence-corrected chi connectivity index (χ0v) is 16.9. The van der Waals surface area contributed by atoms with Crippen molar-refractivity contribution in [3.8, 4) is 5.75 Å². The van der Waals surface area contributed by atoms with Crippen molar-refractivity contribution < 1.29 is 13.9 Å². The van der Waals surface area contributed by atoms with E-state index in [0.29, 0.717) is 28.3 Å². The third-order valence-electron chi connectivity index (χ3n) is 3.50. The van der Waals surface area contributed by atoms with E-state index in [1.54, 1.807) is 30.3 Å². The molecule has 26 heavy (non-hydrogen) atoms. The van der Waals surface area contributed by atoms with Crippen LogP contribution in [0.5, 0.6) is 5.75 Å². The first-order valence-electron chi connectivity index (χ1n) is 8.16. The van der Waals surface area contributed by atoms with Gasteiger partial charge in [-0.25, -0.2) is 4.39 Å². The Morgan fingerprint density at radius 3 is 2.65 bits per heavy atom. The van der Waals surface area contributed by atoms with Crippen LogP contribution >= 0.6 is 28.1 Å². The molecule has 0 radical (unpaired) electrons. The highest BCUT2D eigenvalue weighted by atomic mass is 79.9. The van der Waals surface area contributed by atoms with Crippen LogP contribution < -0.4 is 15.4 Å². The summed E-state index contributed by atoms with van der Waals surface area (Å²) in [5, 5.41) is 5.21. The second-order valence-corrected chi connectivity index (χ2v) is 7.33. The van der Waals surface area contributed by atoms with Gasteiger partial charge in [-0.05, 0) is 70.8 Å². The van der Waals surface area contributed by atoms with Gasteiger partial charge in [0.1, 0.15) is 11.6 Å². The molecule has 2 aromatic rings. The number of hydrogen-bond donors (Lipinski definition) is 2. The Kier molecular flexibility index (Phi) is 7.53. The number of anilines is 1. The normalized spacial score (nSPS) is 10.5. The number of amides is 1. The minimum absolute atomic E-state index is 0.0217. The average molecular weight is 439 g/mol. The van der Waals surface area contributed by atoms with Crippen LogP contribution in [0.2, 0.25) is 0 Å². The van der Waals surface area contributed by atoms with Gasteiger partial charge >= 0.3 is 0 Å². The predicted molar refractivity (Wildman–Crippen MR) is 109 cm³/mol. The molecular weight excluding hydrogens is 419 g/mol. The maximum absolute atomic E-state index is 13.6. The van der Waals surface area contributed by atoms with E-state index in [1.807, 2.05) is 0 Å². The van der Waals surface area contributed by atoms with Crippen molar-refractivity contribution >= 4 is 44.9 Å². The van der Waals surface area contributed by atoms with Gasteiger partial charge in [-0.3, -0.25) is 10.1 Å². The molecule has 2 N–H and O–H groups in total. The number of halogens is 2. The molecule has 0 spiro atoms. The van der Waals surface area contributed by atoms with E-state index >= 15 is 0 Å². The summed E-state index contributed by atoms with van der Waals surface area (Å²) in [5.41, 5.74) is 0.610. The summed E-state index contributed by atoms with van der Waals surface area (Å²) in [7, 11) is 0. The summed E-state index contributed by atoms with van der Waals surface area (Å²) in [6.07, 6.45) is 0.949. The summed E-state index contributed by atoms with van der Waals surface area (Å²) in [5.74, 6) is 0.388. The number of thiocarbonyl (C=S) groups is 1. The van der Waals surface area contributed by atoms with Crippen LogP contribution in [0, 0.1) is 11.7 Å². The van der Waals surface area contributed by atoms with E-state index in [-0.39, 0.29) is 10.8 Å². The number of nitrogens with one attached hydrogen (secondary N) is 2. The van der Waals surface area contributed by atoms with E-state index in [4.69, 9.17) is 17.0 Å². The van der Waals surface area contributed by atoms with Gasteiger partial charge < -0.3 is 10.1 Å². The third-order valence-corrected chi connectivity index (χ3v) is 4.32. The van der Waals surface area contributed by atoms with Crippen LogP contribution in [-0.2, 0) is 0 Å². The molecule has 7 heteroatoms. The first-order valence-corrected chi connectivity index (χ1v) is 9.36. The number of rotatable bonds is 6. The zero-order valence-electron chi connectivity index (χ0n) is 14.5. The van der Waals surface area contributed by atoms with Crippen molar-refractivity contribution in [2.24, 2.45) is 5.92 Å². The molecule has 4 nitrogen and oxygen atoms in total. The SMILES string of the molecule is CC(C)CCOc1ccc(C(=O)NC(=S)Nc2ccccc2F)cc1Br. The Labute approximate surface area is 166 Å². The van der Waals surface area contributed by atoms with E-state index in [9.17, 15) is 9.18 Å². The lowest BCUT2D eigenvalue weighted by atomic mass is 10.1. The number of benzene rings is 2. The largest absolute Gasteiger partial charge is 0.492 e. The number of carbonyl (C=O) groups excluding carboxylic acids is 1. The van der Waals surface area contributed by atoms with Crippen molar-refractivity contribution in [3.63, 3.8) is 0 Å². The lowest BCUT2D eigenvalue weighted by molar-refractivity contribution is 0.0977. The minimum atomic E-state index is -0.449. The number of ether oxygens (including phenoxy) is 1. The quantitative estimate of drug-likeness (QED) is 0.612. The molecule has 2 aromatic carbocycles. The van der Waals surface area contributed by atoms with Crippen molar-refractivity contribution in [2.45, 2.75) is 20.3 Å². The predicted octanol–water partition coefficient (Wildman–Crippen LogP) is 5.14. The zero-order chi connectivity index (χ0) is 19.1. The summed E-state index contributed by atoms with van der Waals surface area (Å²) >= 11 is 8.48. The standard InChI is InChI=1S/C19H20BrFN2O2S/c1-12(2)9-10-25-17-8-7-13(11-14(17)20)18(24)23-19(26)22-16-6-4-3-5-15(16)21/h3-8,11-12H,9-10H2,1-2H3,(H2,22,23,24,26). The van der Waals surface area contributed by atoms with Crippen LogP contribution in [0.15, 0.2) is 46.9 Å². The number of para-hydroxylation sites is 1. The van der Waals surface area contributed by atoms with Gasteiger partial charge in [0.15, 0.2) is 5.11 Å². The fraction of sp³-hybridized carbons (Fsp3) is 0.263. The Hall–Kier alpha value is -1.99. The van der Waals surface area contributed by atoms with Gasteiger partial charge in [-0.1, -0.05) is 26.0 Å². The molecule has 0 unspecified atom stereocenters. The van der Waals surface area contributed by atoms with Crippen LogP contribution in [0.1, 0.15) is 30.6 Å². The highest BCUT2D eigenvalue weighted by Crippen LogP contribution is 2.26. The van der Waals surface area contributed by atoms with Crippen LogP contribution in [-0.4, -0.2) is 17.6 Å². The Morgan fingerprint density at radius 2 is 2.00 bits per heavy atom. The maximum atomic E-state index is 13.6. The van der Waals surface area contributed by atoms with E-state index in [0.717, 1.165) is 6.42 Å². The smallest absolute Gasteiger partial charge is 0.257 e. The molecule has 0 atom stereocenters. The van der Waals surface area contributed by atoms with Gasteiger partial charge in [0, 0.05) is 5.56 Å². The molecule has 2 rings (SSSR count). The van der Waals surface area contributed by atoms with Gasteiger partial charge in [0.25, 0.3) is 5.91 Å². The molecule has 0 aromatic heterocycles. The molecule has 0 bridgehead atoms. The highest BCUT2D eigenvalue weighted by Gasteiger charge is 2.12. The molecule has 1 amide bonds. The van der Waals surface area contributed by atoms with Gasteiger partial charge in [-0.15, -0.1) is 0 Å². The second kappa shape index (κ2) is 9.64. The minimum Gasteiger partial charge on any atom is -0.492 e. The number of hydrogen-bond acceptors (Lipinski definition) is 3.